The first-order valence-electron chi connectivity index (χ1n) is 8.60. The molecule has 2 rings (SSSR count). The molecule has 0 saturated carbocycles. The summed E-state index contributed by atoms with van der Waals surface area (Å²) in [4.78, 5) is 40.9. The van der Waals surface area contributed by atoms with Crippen LogP contribution in [0.15, 0.2) is 34.2 Å². The summed E-state index contributed by atoms with van der Waals surface area (Å²) in [6, 6.07) is 6.17. The van der Waals surface area contributed by atoms with Gasteiger partial charge >= 0.3 is 6.03 Å². The molecule has 0 bridgehead atoms. The van der Waals surface area contributed by atoms with E-state index in [1.807, 2.05) is 13.8 Å². The van der Waals surface area contributed by atoms with Gasteiger partial charge in [-0.1, -0.05) is 37.7 Å². The number of benzene rings is 1. The molecule has 0 aliphatic heterocycles. The van der Waals surface area contributed by atoms with Crippen LogP contribution in [0.2, 0.25) is 0 Å². The Morgan fingerprint density at radius 1 is 1.33 bits per heavy atom. The summed E-state index contributed by atoms with van der Waals surface area (Å²) in [6.07, 6.45) is 0.629. The van der Waals surface area contributed by atoms with Crippen LogP contribution in [0.5, 0.6) is 0 Å². The van der Waals surface area contributed by atoms with E-state index in [1.165, 1.54) is 0 Å². The van der Waals surface area contributed by atoms with Crippen molar-refractivity contribution in [1.82, 2.24) is 14.9 Å². The number of nitrogens with one attached hydrogen (secondary N) is 1. The first-order valence-corrected chi connectivity index (χ1v) is 9.48. The molecule has 146 valence electrons. The standard InChI is InChI=1S/C18H24N4O4S/c1-11(2)14(15(23)21-17(19)25)27-18-20-13-8-5-4-7-12(13)16(24)22(18)9-6-10-26-3/h4-5,7-8,11,14H,6,9-10H2,1-3H3,(H3,19,21,23,25). The van der Waals surface area contributed by atoms with Crippen molar-refractivity contribution in [3.8, 4) is 0 Å². The number of urea groups is 1. The molecule has 27 heavy (non-hydrogen) atoms. The molecule has 0 saturated heterocycles. The zero-order valence-electron chi connectivity index (χ0n) is 15.6. The minimum absolute atomic E-state index is 0.106. The molecular formula is C18H24N4O4S. The maximum atomic E-state index is 12.9. The van der Waals surface area contributed by atoms with Crippen molar-refractivity contribution in [2.75, 3.05) is 13.7 Å². The summed E-state index contributed by atoms with van der Waals surface area (Å²) in [5.41, 5.74) is 5.46. The van der Waals surface area contributed by atoms with Gasteiger partial charge in [-0.2, -0.15) is 0 Å². The Kier molecular flexibility index (Phi) is 7.37. The maximum Gasteiger partial charge on any atom is 0.318 e. The number of thioether (sulfide) groups is 1. The molecule has 0 radical (unpaired) electrons. The number of ether oxygens (including phenoxy) is 1. The molecule has 2 aromatic rings. The number of nitrogens with two attached hydrogens (primary N) is 1. The Balaban J connectivity index is 2.47. The van der Waals surface area contributed by atoms with Crippen LogP contribution < -0.4 is 16.6 Å². The third kappa shape index (κ3) is 5.30. The van der Waals surface area contributed by atoms with Crippen LogP contribution in [-0.4, -0.2) is 40.5 Å². The van der Waals surface area contributed by atoms with E-state index in [0.29, 0.717) is 35.6 Å². The highest BCUT2D eigenvalue weighted by atomic mass is 32.2. The number of methoxy groups -OCH3 is 1. The fraction of sp³-hybridized carbons (Fsp3) is 0.444. The van der Waals surface area contributed by atoms with Crippen molar-refractivity contribution in [1.29, 1.82) is 0 Å². The molecule has 3 N–H and O–H groups in total. The minimum Gasteiger partial charge on any atom is -0.385 e. The van der Waals surface area contributed by atoms with Crippen molar-refractivity contribution in [3.63, 3.8) is 0 Å². The van der Waals surface area contributed by atoms with Crippen LogP contribution in [0.25, 0.3) is 10.9 Å². The minimum atomic E-state index is -0.907. The Morgan fingerprint density at radius 2 is 2.04 bits per heavy atom. The number of carbonyl (C=O) groups is 2. The van der Waals surface area contributed by atoms with Crippen molar-refractivity contribution < 1.29 is 14.3 Å². The number of fused-ring (bicyclic) bond motifs is 1. The van der Waals surface area contributed by atoms with Gasteiger partial charge in [0.25, 0.3) is 5.56 Å². The summed E-state index contributed by atoms with van der Waals surface area (Å²) in [5, 5.41) is 2.43. The lowest BCUT2D eigenvalue weighted by Crippen LogP contribution is -2.42. The third-order valence-corrected chi connectivity index (χ3v) is 5.43. The number of amides is 3. The molecule has 1 aromatic heterocycles. The molecule has 0 aliphatic rings. The van der Waals surface area contributed by atoms with Gasteiger partial charge in [0.05, 0.1) is 16.2 Å². The highest BCUT2D eigenvalue weighted by Gasteiger charge is 2.27. The molecule has 0 spiro atoms. The normalized spacial score (nSPS) is 12.3. The molecule has 1 heterocycles. The number of imide groups is 1. The fourth-order valence-corrected chi connectivity index (χ4v) is 3.72. The van der Waals surface area contributed by atoms with E-state index in [1.54, 1.807) is 35.9 Å². The zero-order valence-corrected chi connectivity index (χ0v) is 16.4. The molecule has 1 aromatic carbocycles. The van der Waals surface area contributed by atoms with Gasteiger partial charge in [-0.25, -0.2) is 9.78 Å². The lowest BCUT2D eigenvalue weighted by Gasteiger charge is -2.20. The van der Waals surface area contributed by atoms with Crippen molar-refractivity contribution >= 4 is 34.6 Å². The van der Waals surface area contributed by atoms with E-state index in [9.17, 15) is 14.4 Å². The van der Waals surface area contributed by atoms with E-state index in [0.717, 1.165) is 11.8 Å². The maximum absolute atomic E-state index is 12.9. The van der Waals surface area contributed by atoms with Gasteiger partial charge in [0.15, 0.2) is 5.16 Å². The zero-order chi connectivity index (χ0) is 20.0. The van der Waals surface area contributed by atoms with Crippen LogP contribution in [-0.2, 0) is 16.1 Å². The van der Waals surface area contributed by atoms with Gasteiger partial charge in [0.1, 0.15) is 0 Å². The number of aromatic nitrogens is 2. The lowest BCUT2D eigenvalue weighted by molar-refractivity contribution is -0.120. The molecule has 1 atom stereocenters. The monoisotopic (exact) mass is 392 g/mol. The number of hydrogen-bond acceptors (Lipinski definition) is 6. The van der Waals surface area contributed by atoms with Crippen molar-refractivity contribution in [3.05, 3.63) is 34.6 Å². The number of para-hydroxylation sites is 1. The second-order valence-electron chi connectivity index (χ2n) is 6.35. The highest BCUT2D eigenvalue weighted by molar-refractivity contribution is 8.00. The first kappa shape index (κ1) is 20.9. The molecule has 8 nitrogen and oxygen atoms in total. The van der Waals surface area contributed by atoms with Gasteiger partial charge in [0, 0.05) is 20.3 Å². The molecule has 0 aliphatic carbocycles. The topological polar surface area (TPSA) is 116 Å². The molecular weight excluding hydrogens is 368 g/mol. The van der Waals surface area contributed by atoms with Gasteiger partial charge < -0.3 is 10.5 Å². The van der Waals surface area contributed by atoms with Crippen molar-refractivity contribution in [2.24, 2.45) is 11.7 Å². The average molecular weight is 392 g/mol. The van der Waals surface area contributed by atoms with E-state index < -0.39 is 17.2 Å². The summed E-state index contributed by atoms with van der Waals surface area (Å²) < 4.78 is 6.63. The second kappa shape index (κ2) is 9.52. The first-order chi connectivity index (χ1) is 12.8. The summed E-state index contributed by atoms with van der Waals surface area (Å²) in [5.74, 6) is -0.613. The summed E-state index contributed by atoms with van der Waals surface area (Å²) in [6.45, 7) is 4.62. The Labute approximate surface area is 161 Å². The third-order valence-electron chi connectivity index (χ3n) is 3.90. The quantitative estimate of drug-likeness (QED) is 0.402. The summed E-state index contributed by atoms with van der Waals surface area (Å²) in [7, 11) is 1.60. The predicted molar refractivity (Wildman–Crippen MR) is 105 cm³/mol. The van der Waals surface area contributed by atoms with E-state index in [-0.39, 0.29) is 11.5 Å². The lowest BCUT2D eigenvalue weighted by atomic mass is 10.1. The molecule has 3 amide bonds. The number of nitrogens with zero attached hydrogens (tertiary/aromatic N) is 2. The summed E-state index contributed by atoms with van der Waals surface area (Å²) >= 11 is 1.15. The van der Waals surface area contributed by atoms with Crippen LogP contribution in [0.1, 0.15) is 20.3 Å². The van der Waals surface area contributed by atoms with Gasteiger partial charge in [0.2, 0.25) is 5.91 Å². The Bertz CT molecular complexity index is 881. The number of carbonyl (C=O) groups excluding carboxylic acids is 2. The van der Waals surface area contributed by atoms with Gasteiger partial charge in [-0.15, -0.1) is 0 Å². The highest BCUT2D eigenvalue weighted by Crippen LogP contribution is 2.27. The number of hydrogen-bond donors (Lipinski definition) is 2. The molecule has 1 unspecified atom stereocenters. The van der Waals surface area contributed by atoms with Crippen molar-refractivity contribution in [2.45, 2.75) is 37.2 Å². The van der Waals surface area contributed by atoms with Crippen LogP contribution in [0.3, 0.4) is 0 Å². The number of rotatable bonds is 8. The van der Waals surface area contributed by atoms with E-state index in [2.05, 4.69) is 10.3 Å². The van der Waals surface area contributed by atoms with Gasteiger partial charge in [-0.05, 0) is 24.5 Å². The SMILES string of the molecule is COCCCn1c(SC(C(=O)NC(N)=O)C(C)C)nc2ccccc2c1=O. The van der Waals surface area contributed by atoms with E-state index in [4.69, 9.17) is 10.5 Å². The van der Waals surface area contributed by atoms with E-state index >= 15 is 0 Å². The smallest absolute Gasteiger partial charge is 0.318 e. The van der Waals surface area contributed by atoms with Crippen LogP contribution >= 0.6 is 11.8 Å². The second-order valence-corrected chi connectivity index (χ2v) is 7.46. The largest absolute Gasteiger partial charge is 0.385 e. The molecule has 9 heteroatoms. The number of primary amides is 1. The fourth-order valence-electron chi connectivity index (χ4n) is 2.60. The predicted octanol–water partition coefficient (Wildman–Crippen LogP) is 1.74. The Hall–Kier alpha value is -2.39. The van der Waals surface area contributed by atoms with Gasteiger partial charge in [-0.3, -0.25) is 19.5 Å². The van der Waals surface area contributed by atoms with Crippen LogP contribution in [0, 0.1) is 5.92 Å². The average Bonchev–Trinajstić information content (AvgIpc) is 2.61. The molecule has 0 fully saturated rings. The van der Waals surface area contributed by atoms with Crippen LogP contribution in [0.4, 0.5) is 4.79 Å². The Morgan fingerprint density at radius 3 is 2.67 bits per heavy atom.